The Kier molecular flexibility index (Phi) is 8.68. The summed E-state index contributed by atoms with van der Waals surface area (Å²) in [5.74, 6) is -0.0301. The van der Waals surface area contributed by atoms with Crippen LogP contribution in [0.3, 0.4) is 0 Å². The number of nitriles is 1. The molecular weight excluding hydrogens is 477 g/mol. The monoisotopic (exact) mass is 503 g/mol. The molecule has 4 rings (SSSR count). The summed E-state index contributed by atoms with van der Waals surface area (Å²) in [6.45, 7) is 1.98. The van der Waals surface area contributed by atoms with Gasteiger partial charge >= 0.3 is 5.97 Å². The Morgan fingerprint density at radius 1 is 1.00 bits per heavy atom. The van der Waals surface area contributed by atoms with Crippen molar-refractivity contribution in [1.29, 1.82) is 5.26 Å². The van der Waals surface area contributed by atoms with Gasteiger partial charge in [-0.25, -0.2) is 4.39 Å². The van der Waals surface area contributed by atoms with Crippen LogP contribution in [0.4, 0.5) is 4.39 Å². The van der Waals surface area contributed by atoms with Crippen LogP contribution in [0.5, 0.6) is 11.5 Å². The van der Waals surface area contributed by atoms with Gasteiger partial charge in [0.2, 0.25) is 0 Å². The van der Waals surface area contributed by atoms with Gasteiger partial charge in [0.25, 0.3) is 0 Å². The Labute approximate surface area is 214 Å². The Morgan fingerprint density at radius 3 is 2.27 bits per heavy atom. The van der Waals surface area contributed by atoms with Gasteiger partial charge in [-0.1, -0.05) is 29.4 Å². The second-order valence-corrected chi connectivity index (χ2v) is 8.30. The average Bonchev–Trinajstić information content (AvgIpc) is 3.74. The molecule has 0 radical (unpaired) electrons. The van der Waals surface area contributed by atoms with Crippen LogP contribution in [0.15, 0.2) is 78.0 Å². The second kappa shape index (κ2) is 12.5. The molecule has 3 aromatic rings. The van der Waals surface area contributed by atoms with E-state index < -0.39 is 11.9 Å². The molecule has 1 aliphatic rings. The van der Waals surface area contributed by atoms with E-state index in [0.717, 1.165) is 24.2 Å². The van der Waals surface area contributed by atoms with Crippen molar-refractivity contribution in [2.75, 3.05) is 26.8 Å². The highest BCUT2D eigenvalue weighted by Crippen LogP contribution is 2.24. The van der Waals surface area contributed by atoms with Crippen molar-refractivity contribution < 1.29 is 28.3 Å². The van der Waals surface area contributed by atoms with E-state index in [2.05, 4.69) is 11.2 Å². The van der Waals surface area contributed by atoms with E-state index in [-0.39, 0.29) is 18.8 Å². The van der Waals surface area contributed by atoms with E-state index in [1.807, 2.05) is 24.3 Å². The van der Waals surface area contributed by atoms with Crippen LogP contribution < -0.4 is 9.47 Å². The van der Waals surface area contributed by atoms with Crippen LogP contribution in [0.2, 0.25) is 0 Å². The predicted octanol–water partition coefficient (Wildman–Crippen LogP) is 4.61. The molecule has 1 unspecified atom stereocenters. The lowest BCUT2D eigenvalue weighted by Gasteiger charge is -2.12. The number of ether oxygens (including phenoxy) is 2. The first-order valence-electron chi connectivity index (χ1n) is 11.7. The Morgan fingerprint density at radius 2 is 1.65 bits per heavy atom. The Hall–Kier alpha value is -4.42. The predicted molar refractivity (Wildman–Crippen MR) is 133 cm³/mol. The maximum atomic E-state index is 13.2. The van der Waals surface area contributed by atoms with E-state index in [4.69, 9.17) is 19.1 Å². The number of carbonyl (C=O) groups excluding carboxylic acids is 1. The summed E-state index contributed by atoms with van der Waals surface area (Å²) in [4.78, 5) is 21.9. The van der Waals surface area contributed by atoms with Crippen molar-refractivity contribution in [2.45, 2.75) is 18.9 Å². The number of hydroxylamine groups is 2. The molecule has 8 nitrogen and oxygen atoms in total. The summed E-state index contributed by atoms with van der Waals surface area (Å²) in [5, 5.41) is 15.0. The van der Waals surface area contributed by atoms with Crippen LogP contribution in [-0.4, -0.2) is 43.6 Å². The van der Waals surface area contributed by atoms with Gasteiger partial charge < -0.3 is 19.1 Å². The number of benzene rings is 3. The van der Waals surface area contributed by atoms with Crippen molar-refractivity contribution in [1.82, 2.24) is 5.06 Å². The normalized spacial score (nSPS) is 13.8. The van der Waals surface area contributed by atoms with Crippen LogP contribution in [0.25, 0.3) is 0 Å². The number of rotatable bonds is 12. The van der Waals surface area contributed by atoms with Crippen molar-refractivity contribution in [3.63, 3.8) is 0 Å². The highest BCUT2D eigenvalue weighted by Gasteiger charge is 2.25. The Balaban J connectivity index is 1.26. The molecule has 1 fully saturated rings. The molecule has 0 amide bonds. The molecule has 0 aromatic heterocycles. The third-order valence-corrected chi connectivity index (χ3v) is 5.53. The molecule has 1 heterocycles. The van der Waals surface area contributed by atoms with Gasteiger partial charge in [0.05, 0.1) is 31.5 Å². The molecule has 1 aliphatic heterocycles. The topological polar surface area (TPSA) is 93.2 Å². The highest BCUT2D eigenvalue weighted by atomic mass is 19.1. The first kappa shape index (κ1) is 25.7. The van der Waals surface area contributed by atoms with Gasteiger partial charge in [-0.05, 0) is 59.7 Å². The fourth-order valence-electron chi connectivity index (χ4n) is 3.43. The number of oxime groups is 1. The molecule has 0 N–H and O–H groups in total. The minimum atomic E-state index is -0.577. The van der Waals surface area contributed by atoms with Gasteiger partial charge in [0, 0.05) is 5.56 Å². The minimum Gasteiger partial charge on any atom is -0.489 e. The SMILES string of the molecule is CO/N=C(\COc1ccc(COc2ccc(C(C#N)CC(=O)ON3CC3)cc2)cc1)c1ccc(F)cc1. The largest absolute Gasteiger partial charge is 0.489 e. The summed E-state index contributed by atoms with van der Waals surface area (Å²) in [5.41, 5.74) is 2.91. The van der Waals surface area contributed by atoms with Crippen molar-refractivity contribution in [3.05, 3.63) is 95.3 Å². The molecule has 37 heavy (non-hydrogen) atoms. The molecule has 190 valence electrons. The first-order chi connectivity index (χ1) is 18.0. The molecule has 3 aromatic carbocycles. The average molecular weight is 504 g/mol. The van der Waals surface area contributed by atoms with E-state index in [9.17, 15) is 14.4 Å². The van der Waals surface area contributed by atoms with Crippen molar-refractivity contribution >= 4 is 11.7 Å². The lowest BCUT2D eigenvalue weighted by atomic mass is 9.97. The van der Waals surface area contributed by atoms with Gasteiger partial charge in [-0.2, -0.15) is 5.26 Å². The summed E-state index contributed by atoms with van der Waals surface area (Å²) in [6, 6.07) is 22.7. The van der Waals surface area contributed by atoms with E-state index in [1.165, 1.54) is 19.2 Å². The van der Waals surface area contributed by atoms with Crippen LogP contribution in [0.1, 0.15) is 29.0 Å². The summed E-state index contributed by atoms with van der Waals surface area (Å²) >= 11 is 0. The van der Waals surface area contributed by atoms with Gasteiger partial charge in [-0.3, -0.25) is 4.79 Å². The van der Waals surface area contributed by atoms with Crippen LogP contribution in [0, 0.1) is 17.1 Å². The molecule has 0 spiro atoms. The fraction of sp³-hybridized carbons (Fsp3) is 0.250. The van der Waals surface area contributed by atoms with Crippen molar-refractivity contribution in [2.24, 2.45) is 5.16 Å². The first-order valence-corrected chi connectivity index (χ1v) is 11.7. The summed E-state index contributed by atoms with van der Waals surface area (Å²) < 4.78 is 24.9. The molecule has 0 bridgehead atoms. The number of hydrogen-bond acceptors (Lipinski definition) is 8. The maximum Gasteiger partial charge on any atom is 0.326 e. The number of halogens is 1. The fourth-order valence-corrected chi connectivity index (χ4v) is 3.43. The zero-order valence-electron chi connectivity index (χ0n) is 20.3. The third kappa shape index (κ3) is 7.78. The number of nitrogens with zero attached hydrogens (tertiary/aromatic N) is 3. The van der Waals surface area contributed by atoms with E-state index in [1.54, 1.807) is 41.5 Å². The smallest absolute Gasteiger partial charge is 0.326 e. The summed E-state index contributed by atoms with van der Waals surface area (Å²) in [6.07, 6.45) is 0.00430. The molecule has 9 heteroatoms. The lowest BCUT2D eigenvalue weighted by Crippen LogP contribution is -2.13. The lowest BCUT2D eigenvalue weighted by molar-refractivity contribution is -0.166. The number of hydrogen-bond donors (Lipinski definition) is 0. The molecule has 1 saturated heterocycles. The van der Waals surface area contributed by atoms with Crippen molar-refractivity contribution in [3.8, 4) is 17.6 Å². The number of carbonyl (C=O) groups is 1. The molecular formula is C28H26FN3O5. The van der Waals surface area contributed by atoms with Gasteiger partial charge in [0.15, 0.2) is 0 Å². The maximum absolute atomic E-state index is 13.2. The summed E-state index contributed by atoms with van der Waals surface area (Å²) in [7, 11) is 1.44. The second-order valence-electron chi connectivity index (χ2n) is 8.30. The zero-order chi connectivity index (χ0) is 26.0. The zero-order valence-corrected chi connectivity index (χ0v) is 20.3. The van der Waals surface area contributed by atoms with Crippen LogP contribution >= 0.6 is 0 Å². The minimum absolute atomic E-state index is 0.00430. The van der Waals surface area contributed by atoms with Gasteiger partial charge in [0.1, 0.15) is 43.4 Å². The quantitative estimate of drug-likeness (QED) is 0.203. The van der Waals surface area contributed by atoms with Gasteiger partial charge in [-0.15, -0.1) is 5.06 Å². The molecule has 0 saturated carbocycles. The third-order valence-electron chi connectivity index (χ3n) is 5.53. The molecule has 0 aliphatic carbocycles. The van der Waals surface area contributed by atoms with E-state index >= 15 is 0 Å². The highest BCUT2D eigenvalue weighted by molar-refractivity contribution is 6.01. The van der Waals surface area contributed by atoms with Crippen LogP contribution in [-0.2, 0) is 21.1 Å². The Bertz CT molecular complexity index is 1250. The molecule has 1 atom stereocenters. The standard InChI is InChI=1S/C28H26FN3O5/c1-34-31-27(22-4-8-24(29)9-5-22)19-36-25-10-2-20(3-11-25)18-35-26-12-6-21(7-13-26)23(17-30)16-28(33)37-32-14-15-32/h2-13,23H,14-16,18-19H2,1H3/b31-27+. The van der Waals surface area contributed by atoms with E-state index in [0.29, 0.717) is 29.4 Å².